The highest BCUT2D eigenvalue weighted by molar-refractivity contribution is 9.10. The molecular formula is C28H32BrN3O. The summed E-state index contributed by atoms with van der Waals surface area (Å²) in [5.74, 6) is -0.100. The molecule has 0 saturated heterocycles. The first-order chi connectivity index (χ1) is 15.8. The molecule has 1 amide bonds. The van der Waals surface area contributed by atoms with Crippen LogP contribution in [0.3, 0.4) is 0 Å². The zero-order valence-electron chi connectivity index (χ0n) is 19.5. The van der Waals surface area contributed by atoms with Crippen LogP contribution in [0.4, 0.5) is 5.69 Å². The quantitative estimate of drug-likeness (QED) is 0.413. The van der Waals surface area contributed by atoms with E-state index in [4.69, 9.17) is 5.73 Å². The summed E-state index contributed by atoms with van der Waals surface area (Å²) in [6.45, 7) is 7.08. The Morgan fingerprint density at radius 2 is 1.79 bits per heavy atom. The Labute approximate surface area is 205 Å². The number of hydrogen-bond donors (Lipinski definition) is 3. The van der Waals surface area contributed by atoms with Gasteiger partial charge >= 0.3 is 0 Å². The first-order valence-electron chi connectivity index (χ1n) is 11.5. The van der Waals surface area contributed by atoms with Crippen LogP contribution in [0.25, 0.3) is 0 Å². The Kier molecular flexibility index (Phi) is 7.20. The van der Waals surface area contributed by atoms with E-state index < -0.39 is 6.04 Å². The predicted molar refractivity (Wildman–Crippen MR) is 140 cm³/mol. The summed E-state index contributed by atoms with van der Waals surface area (Å²) >= 11 is 3.73. The Hall–Kier alpha value is -2.63. The summed E-state index contributed by atoms with van der Waals surface area (Å²) in [6, 6.07) is 18.5. The van der Waals surface area contributed by atoms with Crippen molar-refractivity contribution in [1.82, 2.24) is 5.32 Å². The van der Waals surface area contributed by atoms with E-state index in [1.807, 2.05) is 6.07 Å². The third-order valence-electron chi connectivity index (χ3n) is 6.46. The van der Waals surface area contributed by atoms with Crippen molar-refractivity contribution in [2.45, 2.75) is 52.1 Å². The third-order valence-corrected chi connectivity index (χ3v) is 7.08. The summed E-state index contributed by atoms with van der Waals surface area (Å²) in [5, 5.41) is 6.72. The maximum absolute atomic E-state index is 13.1. The topological polar surface area (TPSA) is 67.2 Å². The van der Waals surface area contributed by atoms with Gasteiger partial charge in [-0.05, 0) is 95.4 Å². The van der Waals surface area contributed by atoms with Gasteiger partial charge in [-0.25, -0.2) is 0 Å². The SMILES string of the molecule is Cc1cc(C)c(C[C@H](N)C(=O)N[C@@H]2CCNc3c(Br)cc(Cc4ccccc4)cc32)c(C)c1. The molecule has 0 aliphatic carbocycles. The largest absolute Gasteiger partial charge is 0.384 e. The number of nitrogens with one attached hydrogen (secondary N) is 2. The lowest BCUT2D eigenvalue weighted by atomic mass is 9.92. The lowest BCUT2D eigenvalue weighted by Gasteiger charge is -2.30. The highest BCUT2D eigenvalue weighted by atomic mass is 79.9. The number of rotatable bonds is 6. The second kappa shape index (κ2) is 10.1. The summed E-state index contributed by atoms with van der Waals surface area (Å²) < 4.78 is 1.03. The highest BCUT2D eigenvalue weighted by Gasteiger charge is 2.26. The van der Waals surface area contributed by atoms with Crippen LogP contribution in [0.5, 0.6) is 0 Å². The van der Waals surface area contributed by atoms with Gasteiger partial charge in [0.1, 0.15) is 0 Å². The molecule has 0 fully saturated rings. The minimum absolute atomic E-state index is 0.0629. The molecule has 5 heteroatoms. The van der Waals surface area contributed by atoms with Gasteiger partial charge in [-0.3, -0.25) is 4.79 Å². The van der Waals surface area contributed by atoms with Gasteiger partial charge in [0.2, 0.25) is 5.91 Å². The molecule has 0 bridgehead atoms. The van der Waals surface area contributed by atoms with Crippen molar-refractivity contribution in [3.63, 3.8) is 0 Å². The number of nitrogens with two attached hydrogens (primary N) is 1. The Bertz CT molecular complexity index is 1140. The second-order valence-electron chi connectivity index (χ2n) is 9.17. The Morgan fingerprint density at radius 3 is 2.48 bits per heavy atom. The molecule has 0 unspecified atom stereocenters. The zero-order valence-corrected chi connectivity index (χ0v) is 21.1. The van der Waals surface area contributed by atoms with Crippen LogP contribution in [0.1, 0.15) is 51.4 Å². The van der Waals surface area contributed by atoms with Crippen LogP contribution >= 0.6 is 15.9 Å². The van der Waals surface area contributed by atoms with Gasteiger partial charge in [0, 0.05) is 11.0 Å². The van der Waals surface area contributed by atoms with Crippen molar-refractivity contribution in [2.75, 3.05) is 11.9 Å². The molecule has 0 saturated carbocycles. The molecule has 1 aliphatic rings. The van der Waals surface area contributed by atoms with Gasteiger partial charge in [-0.2, -0.15) is 0 Å². The fraction of sp³-hybridized carbons (Fsp3) is 0.321. The van der Waals surface area contributed by atoms with Crippen molar-refractivity contribution in [1.29, 1.82) is 0 Å². The molecule has 3 aromatic carbocycles. The van der Waals surface area contributed by atoms with Crippen molar-refractivity contribution in [2.24, 2.45) is 5.73 Å². The molecule has 1 aliphatic heterocycles. The highest BCUT2D eigenvalue weighted by Crippen LogP contribution is 2.37. The van der Waals surface area contributed by atoms with E-state index in [2.05, 4.69) is 95.9 Å². The Balaban J connectivity index is 1.52. The molecule has 4 rings (SSSR count). The number of carbonyl (C=O) groups excluding carboxylic acids is 1. The molecule has 0 aromatic heterocycles. The third kappa shape index (κ3) is 5.48. The van der Waals surface area contributed by atoms with Crippen LogP contribution in [-0.4, -0.2) is 18.5 Å². The van der Waals surface area contributed by atoms with Crippen LogP contribution in [0, 0.1) is 20.8 Å². The minimum Gasteiger partial charge on any atom is -0.384 e. The average molecular weight is 506 g/mol. The van der Waals surface area contributed by atoms with Gasteiger partial charge in [-0.1, -0.05) is 54.1 Å². The number of anilines is 1. The molecule has 4 nitrogen and oxygen atoms in total. The van der Waals surface area contributed by atoms with E-state index in [1.54, 1.807) is 0 Å². The lowest BCUT2D eigenvalue weighted by molar-refractivity contribution is -0.123. The van der Waals surface area contributed by atoms with Crippen molar-refractivity contribution < 1.29 is 4.79 Å². The number of fused-ring (bicyclic) bond motifs is 1. The molecule has 0 spiro atoms. The van der Waals surface area contributed by atoms with E-state index in [9.17, 15) is 4.79 Å². The molecule has 3 aromatic rings. The van der Waals surface area contributed by atoms with E-state index >= 15 is 0 Å². The summed E-state index contributed by atoms with van der Waals surface area (Å²) in [6.07, 6.45) is 2.22. The summed E-state index contributed by atoms with van der Waals surface area (Å²) in [5.41, 5.74) is 15.8. The molecule has 33 heavy (non-hydrogen) atoms. The van der Waals surface area contributed by atoms with Crippen molar-refractivity contribution >= 4 is 27.5 Å². The number of aryl methyl sites for hydroxylation is 3. The van der Waals surface area contributed by atoms with E-state index in [-0.39, 0.29) is 11.9 Å². The smallest absolute Gasteiger partial charge is 0.237 e. The maximum atomic E-state index is 13.1. The van der Waals surface area contributed by atoms with E-state index in [0.717, 1.165) is 35.1 Å². The molecular weight excluding hydrogens is 474 g/mol. The van der Waals surface area contributed by atoms with Crippen LogP contribution in [0.2, 0.25) is 0 Å². The molecule has 0 radical (unpaired) electrons. The predicted octanol–water partition coefficient (Wildman–Crippen LogP) is 5.51. The summed E-state index contributed by atoms with van der Waals surface area (Å²) in [4.78, 5) is 13.1. The first-order valence-corrected chi connectivity index (χ1v) is 12.3. The minimum atomic E-state index is -0.584. The average Bonchev–Trinajstić information content (AvgIpc) is 2.77. The Morgan fingerprint density at radius 1 is 1.09 bits per heavy atom. The fourth-order valence-corrected chi connectivity index (χ4v) is 5.51. The fourth-order valence-electron chi connectivity index (χ4n) is 4.85. The monoisotopic (exact) mass is 505 g/mol. The van der Waals surface area contributed by atoms with E-state index in [0.29, 0.717) is 6.42 Å². The van der Waals surface area contributed by atoms with Gasteiger partial charge in [0.05, 0.1) is 17.8 Å². The van der Waals surface area contributed by atoms with Gasteiger partial charge in [-0.15, -0.1) is 0 Å². The normalized spacial score (nSPS) is 16.0. The maximum Gasteiger partial charge on any atom is 0.237 e. The van der Waals surface area contributed by atoms with Crippen molar-refractivity contribution in [3.8, 4) is 0 Å². The first kappa shape index (κ1) is 23.5. The summed E-state index contributed by atoms with van der Waals surface area (Å²) in [7, 11) is 0. The second-order valence-corrected chi connectivity index (χ2v) is 10.0. The number of amides is 1. The van der Waals surface area contributed by atoms with Gasteiger partial charge in [0.15, 0.2) is 0 Å². The lowest BCUT2D eigenvalue weighted by Crippen LogP contribution is -2.44. The standard InChI is InChI=1S/C28H32BrN3O/c1-17-11-18(2)22(19(3)12-17)16-25(30)28(33)32-26-9-10-31-27-23(26)14-21(15-24(27)29)13-20-7-5-4-6-8-20/h4-8,11-12,14-15,25-26,31H,9-10,13,16,30H2,1-3H3,(H,32,33)/t25-,26+/m0/s1. The number of benzene rings is 3. The van der Waals surface area contributed by atoms with Gasteiger partial charge < -0.3 is 16.4 Å². The van der Waals surface area contributed by atoms with Crippen molar-refractivity contribution in [3.05, 3.63) is 98.0 Å². The molecule has 1 heterocycles. The molecule has 172 valence electrons. The van der Waals surface area contributed by atoms with Crippen LogP contribution in [0.15, 0.2) is 59.1 Å². The van der Waals surface area contributed by atoms with Crippen LogP contribution in [-0.2, 0) is 17.6 Å². The molecule has 2 atom stereocenters. The number of hydrogen-bond acceptors (Lipinski definition) is 3. The zero-order chi connectivity index (χ0) is 23.5. The van der Waals surface area contributed by atoms with Gasteiger partial charge in [0.25, 0.3) is 0 Å². The number of halogens is 1. The van der Waals surface area contributed by atoms with Crippen LogP contribution < -0.4 is 16.4 Å². The van der Waals surface area contributed by atoms with E-state index in [1.165, 1.54) is 33.4 Å². The number of carbonyl (C=O) groups is 1. The molecule has 4 N–H and O–H groups in total.